The normalized spacial score (nSPS) is 27.4. The van der Waals surface area contributed by atoms with Crippen LogP contribution < -0.4 is 10.6 Å². The Morgan fingerprint density at radius 1 is 1.42 bits per heavy atom. The van der Waals surface area contributed by atoms with E-state index in [9.17, 15) is 9.90 Å². The van der Waals surface area contributed by atoms with Crippen LogP contribution in [0.2, 0.25) is 0 Å². The number of carbonyl (C=O) groups is 1. The second kappa shape index (κ2) is 7.22. The molecule has 19 heavy (non-hydrogen) atoms. The monoisotopic (exact) mass is 269 g/mol. The number of nitrogens with zero attached hydrogens (tertiary/aromatic N) is 1. The van der Waals surface area contributed by atoms with Gasteiger partial charge in [-0.25, -0.2) is 0 Å². The van der Waals surface area contributed by atoms with Crippen LogP contribution in [0.25, 0.3) is 0 Å². The van der Waals surface area contributed by atoms with Gasteiger partial charge in [0.05, 0.1) is 18.7 Å². The molecule has 1 amide bonds. The molecule has 1 unspecified atom stereocenters. The Hall–Kier alpha value is -0.650. The topological polar surface area (TPSA) is 64.6 Å². The van der Waals surface area contributed by atoms with Crippen molar-refractivity contribution >= 4 is 5.91 Å². The summed E-state index contributed by atoms with van der Waals surface area (Å²) in [6.45, 7) is 5.18. The Bertz CT molecular complexity index is 288. The number of nitrogens with one attached hydrogen (secondary N) is 2. The molecule has 5 nitrogen and oxygen atoms in total. The second-order valence-electron chi connectivity index (χ2n) is 5.67. The number of aliphatic hydroxyl groups is 1. The first kappa shape index (κ1) is 14.8. The number of aliphatic hydroxyl groups excluding tert-OH is 1. The molecule has 0 saturated carbocycles. The van der Waals surface area contributed by atoms with Crippen molar-refractivity contribution in [2.24, 2.45) is 0 Å². The smallest absolute Gasteiger partial charge is 0.237 e. The molecule has 0 aromatic carbocycles. The highest BCUT2D eigenvalue weighted by atomic mass is 16.3. The lowest BCUT2D eigenvalue weighted by Crippen LogP contribution is -2.52. The summed E-state index contributed by atoms with van der Waals surface area (Å²) in [6, 6.07) is 0.473. The lowest BCUT2D eigenvalue weighted by Gasteiger charge is -2.35. The fourth-order valence-electron chi connectivity index (χ4n) is 3.22. The average molecular weight is 269 g/mol. The van der Waals surface area contributed by atoms with Crippen molar-refractivity contribution in [3.63, 3.8) is 0 Å². The van der Waals surface area contributed by atoms with Crippen LogP contribution in [-0.4, -0.2) is 60.3 Å². The van der Waals surface area contributed by atoms with Crippen LogP contribution in [0.15, 0.2) is 0 Å². The van der Waals surface area contributed by atoms with Crippen LogP contribution in [0.4, 0.5) is 0 Å². The highest BCUT2D eigenvalue weighted by molar-refractivity contribution is 5.82. The van der Waals surface area contributed by atoms with E-state index in [1.807, 2.05) is 6.92 Å². The first-order chi connectivity index (χ1) is 9.26. The number of hydrogen-bond donors (Lipinski definition) is 3. The van der Waals surface area contributed by atoms with Crippen molar-refractivity contribution in [3.05, 3.63) is 0 Å². The maximum absolute atomic E-state index is 12.3. The molecular weight excluding hydrogens is 242 g/mol. The predicted molar refractivity (Wildman–Crippen MR) is 74.9 cm³/mol. The molecule has 2 saturated heterocycles. The quantitative estimate of drug-likeness (QED) is 0.662. The largest absolute Gasteiger partial charge is 0.394 e. The minimum absolute atomic E-state index is 0.0173. The third-order valence-corrected chi connectivity index (χ3v) is 4.43. The van der Waals surface area contributed by atoms with Crippen LogP contribution >= 0.6 is 0 Å². The summed E-state index contributed by atoms with van der Waals surface area (Å²) in [6.07, 6.45) is 5.12. The van der Waals surface area contributed by atoms with Gasteiger partial charge in [-0.05, 0) is 51.7 Å². The van der Waals surface area contributed by atoms with Gasteiger partial charge in [-0.3, -0.25) is 9.69 Å². The molecule has 0 bridgehead atoms. The van der Waals surface area contributed by atoms with Crippen molar-refractivity contribution in [2.75, 3.05) is 26.2 Å². The lowest BCUT2D eigenvalue weighted by atomic mass is 10.0. The highest BCUT2D eigenvalue weighted by Crippen LogP contribution is 2.24. The van der Waals surface area contributed by atoms with E-state index in [0.717, 1.165) is 51.7 Å². The van der Waals surface area contributed by atoms with Crippen molar-refractivity contribution in [3.8, 4) is 0 Å². The molecule has 110 valence electrons. The molecule has 0 aliphatic carbocycles. The van der Waals surface area contributed by atoms with E-state index in [0.29, 0.717) is 6.04 Å². The molecule has 5 heteroatoms. The number of carbonyl (C=O) groups excluding carboxylic acids is 1. The van der Waals surface area contributed by atoms with Gasteiger partial charge in [0.1, 0.15) is 0 Å². The van der Waals surface area contributed by atoms with Crippen molar-refractivity contribution in [2.45, 2.75) is 57.2 Å². The maximum Gasteiger partial charge on any atom is 0.237 e. The Labute approximate surface area is 115 Å². The molecule has 2 aliphatic rings. The van der Waals surface area contributed by atoms with Gasteiger partial charge in [0, 0.05) is 6.04 Å². The van der Waals surface area contributed by atoms with Crippen LogP contribution in [-0.2, 0) is 4.79 Å². The summed E-state index contributed by atoms with van der Waals surface area (Å²) in [7, 11) is 0. The first-order valence-electron chi connectivity index (χ1n) is 7.64. The zero-order valence-corrected chi connectivity index (χ0v) is 11.9. The molecule has 0 aromatic rings. The van der Waals surface area contributed by atoms with E-state index in [1.54, 1.807) is 0 Å². The van der Waals surface area contributed by atoms with Gasteiger partial charge in [0.25, 0.3) is 0 Å². The number of amides is 1. The summed E-state index contributed by atoms with van der Waals surface area (Å²) in [5, 5.41) is 15.5. The number of rotatable bonds is 5. The Balaban J connectivity index is 1.91. The fourth-order valence-corrected chi connectivity index (χ4v) is 3.22. The van der Waals surface area contributed by atoms with Crippen LogP contribution in [0.1, 0.15) is 39.0 Å². The summed E-state index contributed by atoms with van der Waals surface area (Å²) in [5.74, 6) is 0.108. The molecule has 2 fully saturated rings. The van der Waals surface area contributed by atoms with Crippen molar-refractivity contribution in [1.29, 1.82) is 0 Å². The van der Waals surface area contributed by atoms with E-state index < -0.39 is 0 Å². The van der Waals surface area contributed by atoms with E-state index in [1.165, 1.54) is 0 Å². The van der Waals surface area contributed by atoms with E-state index in [2.05, 4.69) is 15.5 Å². The van der Waals surface area contributed by atoms with Crippen LogP contribution in [0.3, 0.4) is 0 Å². The number of piperidine rings is 1. The van der Waals surface area contributed by atoms with Crippen LogP contribution in [0.5, 0.6) is 0 Å². The molecule has 2 rings (SSSR count). The molecule has 2 aliphatic heterocycles. The van der Waals surface area contributed by atoms with E-state index >= 15 is 0 Å². The van der Waals surface area contributed by atoms with Gasteiger partial charge in [-0.15, -0.1) is 0 Å². The highest BCUT2D eigenvalue weighted by Gasteiger charge is 2.36. The average Bonchev–Trinajstić information content (AvgIpc) is 2.95. The summed E-state index contributed by atoms with van der Waals surface area (Å²) in [4.78, 5) is 14.7. The van der Waals surface area contributed by atoms with Gasteiger partial charge in [0.15, 0.2) is 0 Å². The molecule has 0 aromatic heterocycles. The van der Waals surface area contributed by atoms with Gasteiger partial charge >= 0.3 is 0 Å². The van der Waals surface area contributed by atoms with E-state index in [4.69, 9.17) is 0 Å². The number of likely N-dealkylation sites (tertiary alicyclic amines) is 1. The molecule has 0 spiro atoms. The minimum Gasteiger partial charge on any atom is -0.394 e. The van der Waals surface area contributed by atoms with Gasteiger partial charge < -0.3 is 15.7 Å². The SMILES string of the molecule is CC[C@H](CO)NC(=O)C1CCCN1C1CCNCC1. The summed E-state index contributed by atoms with van der Waals surface area (Å²) >= 11 is 0. The van der Waals surface area contributed by atoms with Gasteiger partial charge in [0.2, 0.25) is 5.91 Å². The third-order valence-electron chi connectivity index (χ3n) is 4.43. The predicted octanol–water partition coefficient (Wildman–Crippen LogP) is 0.0899. The molecule has 2 atom stereocenters. The number of hydrogen-bond acceptors (Lipinski definition) is 4. The Kier molecular flexibility index (Phi) is 5.60. The third kappa shape index (κ3) is 3.68. The lowest BCUT2D eigenvalue weighted by molar-refractivity contribution is -0.127. The summed E-state index contributed by atoms with van der Waals surface area (Å²) < 4.78 is 0. The van der Waals surface area contributed by atoms with Gasteiger partial charge in [-0.1, -0.05) is 6.92 Å². The Morgan fingerprint density at radius 3 is 2.79 bits per heavy atom. The maximum atomic E-state index is 12.3. The van der Waals surface area contributed by atoms with Gasteiger partial charge in [-0.2, -0.15) is 0 Å². The fraction of sp³-hybridized carbons (Fsp3) is 0.929. The summed E-state index contributed by atoms with van der Waals surface area (Å²) in [5.41, 5.74) is 0. The van der Waals surface area contributed by atoms with Crippen molar-refractivity contribution in [1.82, 2.24) is 15.5 Å². The van der Waals surface area contributed by atoms with Crippen molar-refractivity contribution < 1.29 is 9.90 Å². The minimum atomic E-state index is -0.0945. The molecule has 2 heterocycles. The molecule has 0 radical (unpaired) electrons. The van der Waals surface area contributed by atoms with E-state index in [-0.39, 0.29) is 24.6 Å². The zero-order chi connectivity index (χ0) is 13.7. The zero-order valence-electron chi connectivity index (χ0n) is 11.9. The second-order valence-corrected chi connectivity index (χ2v) is 5.67. The van der Waals surface area contributed by atoms with Crippen LogP contribution in [0, 0.1) is 0 Å². The first-order valence-corrected chi connectivity index (χ1v) is 7.64. The Morgan fingerprint density at radius 2 is 2.16 bits per heavy atom. The standard InChI is InChI=1S/C14H27N3O2/c1-2-11(10-18)16-14(19)13-4-3-9-17(13)12-5-7-15-8-6-12/h11-13,15,18H,2-10H2,1H3,(H,16,19)/t11-,13?/m1/s1. The molecular formula is C14H27N3O2. The molecule has 3 N–H and O–H groups in total.